The first-order valence-electron chi connectivity index (χ1n) is 7.75. The second kappa shape index (κ2) is 8.51. The first-order valence-corrected chi connectivity index (χ1v) is 10.3. The van der Waals surface area contributed by atoms with Crippen molar-refractivity contribution in [1.82, 2.24) is 4.31 Å². The molecule has 0 fully saturated rings. The van der Waals surface area contributed by atoms with E-state index in [2.05, 4.69) is 5.32 Å². The zero-order chi connectivity index (χ0) is 18.4. The molecule has 7 heteroatoms. The Labute approximate surface area is 153 Å². The van der Waals surface area contributed by atoms with Crippen molar-refractivity contribution in [2.75, 3.05) is 25.2 Å². The normalized spacial score (nSPS) is 11.5. The van der Waals surface area contributed by atoms with E-state index in [1.54, 1.807) is 12.1 Å². The lowest BCUT2D eigenvalue weighted by Gasteiger charge is -2.14. The summed E-state index contributed by atoms with van der Waals surface area (Å²) in [7, 11) is -0.568. The summed E-state index contributed by atoms with van der Waals surface area (Å²) in [4.78, 5) is 12.3. The van der Waals surface area contributed by atoms with Crippen molar-refractivity contribution >= 4 is 33.4 Å². The lowest BCUT2D eigenvalue weighted by molar-refractivity contribution is -0.113. The van der Waals surface area contributed by atoms with E-state index in [-0.39, 0.29) is 10.8 Å². The Morgan fingerprint density at radius 2 is 1.80 bits per heavy atom. The Morgan fingerprint density at radius 3 is 2.44 bits per heavy atom. The van der Waals surface area contributed by atoms with E-state index in [9.17, 15) is 13.2 Å². The number of thioether (sulfide) groups is 1. The number of hydrogen-bond donors (Lipinski definition) is 1. The molecular weight excluding hydrogens is 356 g/mol. The summed E-state index contributed by atoms with van der Waals surface area (Å²) >= 11 is 1.52. The van der Waals surface area contributed by atoms with Gasteiger partial charge in [0.25, 0.3) is 0 Å². The maximum absolute atomic E-state index is 12.2. The van der Waals surface area contributed by atoms with Crippen LogP contribution in [0.4, 0.5) is 5.69 Å². The Morgan fingerprint density at radius 1 is 1.12 bits per heavy atom. The van der Waals surface area contributed by atoms with Gasteiger partial charge in [-0.05, 0) is 30.2 Å². The van der Waals surface area contributed by atoms with E-state index in [1.165, 1.54) is 31.9 Å². The zero-order valence-corrected chi connectivity index (χ0v) is 16.2. The van der Waals surface area contributed by atoms with Crippen molar-refractivity contribution in [3.63, 3.8) is 0 Å². The molecule has 0 aliphatic heterocycles. The zero-order valence-electron chi connectivity index (χ0n) is 14.5. The van der Waals surface area contributed by atoms with Crippen LogP contribution >= 0.6 is 11.8 Å². The van der Waals surface area contributed by atoms with Gasteiger partial charge in [-0.25, -0.2) is 12.7 Å². The van der Waals surface area contributed by atoms with Crippen molar-refractivity contribution in [2.24, 2.45) is 0 Å². The summed E-state index contributed by atoms with van der Waals surface area (Å²) in [5, 5.41) is 2.81. The molecule has 134 valence electrons. The average molecular weight is 379 g/mol. The van der Waals surface area contributed by atoms with Gasteiger partial charge in [0.2, 0.25) is 15.9 Å². The Kier molecular flexibility index (Phi) is 6.64. The monoisotopic (exact) mass is 378 g/mol. The molecule has 0 heterocycles. The third-order valence-corrected chi connectivity index (χ3v) is 6.42. The summed E-state index contributed by atoms with van der Waals surface area (Å²) in [6.07, 6.45) is 0. The molecule has 0 atom stereocenters. The second-order valence-corrected chi connectivity index (χ2v) is 8.93. The molecule has 0 aliphatic carbocycles. The van der Waals surface area contributed by atoms with Gasteiger partial charge in [-0.2, -0.15) is 0 Å². The summed E-state index contributed by atoms with van der Waals surface area (Å²) < 4.78 is 25.6. The Hall–Kier alpha value is -1.83. The van der Waals surface area contributed by atoms with E-state index in [1.807, 2.05) is 37.3 Å². The first kappa shape index (κ1) is 19.5. The lowest BCUT2D eigenvalue weighted by atomic mass is 10.2. The van der Waals surface area contributed by atoms with Crippen molar-refractivity contribution in [2.45, 2.75) is 17.6 Å². The maximum atomic E-state index is 12.2. The van der Waals surface area contributed by atoms with Crippen molar-refractivity contribution in [3.05, 3.63) is 59.7 Å². The number of aryl methyl sites for hydroxylation is 1. The predicted molar refractivity (Wildman–Crippen MR) is 103 cm³/mol. The number of sulfonamides is 1. The molecule has 0 aromatic heterocycles. The molecule has 0 unspecified atom stereocenters. The number of carbonyl (C=O) groups is 1. The molecule has 0 radical (unpaired) electrons. The molecule has 0 aliphatic rings. The van der Waals surface area contributed by atoms with E-state index in [0.717, 1.165) is 21.2 Å². The minimum atomic E-state index is -3.53. The van der Waals surface area contributed by atoms with E-state index >= 15 is 0 Å². The van der Waals surface area contributed by atoms with Gasteiger partial charge >= 0.3 is 0 Å². The summed E-state index contributed by atoms with van der Waals surface area (Å²) in [5.41, 5.74) is 2.50. The van der Waals surface area contributed by atoms with Crippen molar-refractivity contribution in [3.8, 4) is 0 Å². The fourth-order valence-electron chi connectivity index (χ4n) is 2.13. The van der Waals surface area contributed by atoms with Crippen LogP contribution in [-0.4, -0.2) is 38.5 Å². The minimum Gasteiger partial charge on any atom is -0.325 e. The van der Waals surface area contributed by atoms with Crippen LogP contribution in [0.15, 0.2) is 53.4 Å². The quantitative estimate of drug-likeness (QED) is 0.804. The molecule has 2 rings (SSSR count). The van der Waals surface area contributed by atoms with Gasteiger partial charge in [0, 0.05) is 25.5 Å². The van der Waals surface area contributed by atoms with E-state index in [0.29, 0.717) is 11.4 Å². The Balaban J connectivity index is 2.00. The number of nitrogens with zero attached hydrogens (tertiary/aromatic N) is 1. The minimum absolute atomic E-state index is 0.150. The Bertz CT molecular complexity index is 835. The number of nitrogens with one attached hydrogen (secondary N) is 1. The van der Waals surface area contributed by atoms with E-state index < -0.39 is 10.0 Å². The molecule has 0 saturated heterocycles. The van der Waals surface area contributed by atoms with Crippen LogP contribution in [0, 0.1) is 6.92 Å². The standard InChI is InChI=1S/C18H22N2O3S2/c1-14-9-10-16(25(22,23)20(2)3)11-17(14)19-18(21)13-24-12-15-7-5-4-6-8-15/h4-11H,12-13H2,1-3H3,(H,19,21). The molecule has 0 spiro atoms. The summed E-state index contributed by atoms with van der Waals surface area (Å²) in [5.74, 6) is 0.907. The van der Waals surface area contributed by atoms with Crippen LogP contribution in [0.25, 0.3) is 0 Å². The number of carbonyl (C=O) groups excluding carboxylic acids is 1. The SMILES string of the molecule is Cc1ccc(S(=O)(=O)N(C)C)cc1NC(=O)CSCc1ccccc1. The second-order valence-electron chi connectivity index (χ2n) is 5.79. The molecule has 5 nitrogen and oxygen atoms in total. The van der Waals surface area contributed by atoms with Gasteiger partial charge in [0.1, 0.15) is 0 Å². The summed E-state index contributed by atoms with van der Waals surface area (Å²) in [6.45, 7) is 1.83. The van der Waals surface area contributed by atoms with Gasteiger partial charge in [0.15, 0.2) is 0 Å². The van der Waals surface area contributed by atoms with Gasteiger partial charge in [-0.15, -0.1) is 11.8 Å². The van der Waals surface area contributed by atoms with Crippen LogP contribution in [0.3, 0.4) is 0 Å². The molecule has 2 aromatic rings. The van der Waals surface area contributed by atoms with Crippen molar-refractivity contribution < 1.29 is 13.2 Å². The number of anilines is 1. The van der Waals surface area contributed by atoms with Gasteiger partial charge in [-0.1, -0.05) is 36.4 Å². The first-order chi connectivity index (χ1) is 11.8. The molecule has 1 amide bonds. The highest BCUT2D eigenvalue weighted by atomic mass is 32.2. The highest BCUT2D eigenvalue weighted by Crippen LogP contribution is 2.22. The lowest BCUT2D eigenvalue weighted by Crippen LogP contribution is -2.22. The molecule has 0 saturated carbocycles. The van der Waals surface area contributed by atoms with Crippen molar-refractivity contribution in [1.29, 1.82) is 0 Å². The van der Waals surface area contributed by atoms with Gasteiger partial charge in [0.05, 0.1) is 10.6 Å². The van der Waals surface area contributed by atoms with Crippen LogP contribution in [-0.2, 0) is 20.6 Å². The molecular formula is C18H22N2O3S2. The smallest absolute Gasteiger partial charge is 0.242 e. The highest BCUT2D eigenvalue weighted by Gasteiger charge is 2.18. The average Bonchev–Trinajstić information content (AvgIpc) is 2.57. The third-order valence-electron chi connectivity index (χ3n) is 3.61. The maximum Gasteiger partial charge on any atom is 0.242 e. The molecule has 1 N–H and O–H groups in total. The predicted octanol–water partition coefficient (Wildman–Crippen LogP) is 3.12. The van der Waals surface area contributed by atoms with Crippen LogP contribution in [0.2, 0.25) is 0 Å². The molecule has 2 aromatic carbocycles. The number of amides is 1. The highest BCUT2D eigenvalue weighted by molar-refractivity contribution is 7.99. The van der Waals surface area contributed by atoms with Crippen LogP contribution in [0.5, 0.6) is 0 Å². The topological polar surface area (TPSA) is 66.5 Å². The fraction of sp³-hybridized carbons (Fsp3) is 0.278. The summed E-state index contributed by atoms with van der Waals surface area (Å²) in [6, 6.07) is 14.7. The van der Waals surface area contributed by atoms with Crippen LogP contribution in [0.1, 0.15) is 11.1 Å². The van der Waals surface area contributed by atoms with Gasteiger partial charge in [-0.3, -0.25) is 4.79 Å². The number of rotatable bonds is 7. The number of benzene rings is 2. The van der Waals surface area contributed by atoms with Crippen LogP contribution < -0.4 is 5.32 Å². The van der Waals surface area contributed by atoms with Gasteiger partial charge < -0.3 is 5.32 Å². The third kappa shape index (κ3) is 5.32. The molecule has 0 bridgehead atoms. The molecule has 25 heavy (non-hydrogen) atoms. The largest absolute Gasteiger partial charge is 0.325 e. The number of hydrogen-bond acceptors (Lipinski definition) is 4. The fourth-order valence-corrected chi connectivity index (χ4v) is 3.85. The van der Waals surface area contributed by atoms with E-state index in [4.69, 9.17) is 0 Å².